The summed E-state index contributed by atoms with van der Waals surface area (Å²) in [4.78, 5) is 22.8. The Morgan fingerprint density at radius 3 is 3.04 bits per heavy atom. The number of benzene rings is 1. The van der Waals surface area contributed by atoms with Gasteiger partial charge in [0.2, 0.25) is 5.91 Å². The monoisotopic (exact) mass is 310 g/mol. The first-order chi connectivity index (χ1) is 11.2. The number of amides is 1. The van der Waals surface area contributed by atoms with Crippen LogP contribution in [0.1, 0.15) is 11.6 Å². The van der Waals surface area contributed by atoms with Crippen molar-refractivity contribution >= 4 is 11.7 Å². The lowest BCUT2D eigenvalue weighted by Crippen LogP contribution is -2.34. The van der Waals surface area contributed by atoms with E-state index in [1.165, 1.54) is 11.9 Å². The number of rotatable bonds is 2. The number of hydrogen-bond acceptors (Lipinski definition) is 5. The molecule has 0 saturated carbocycles. The van der Waals surface area contributed by atoms with E-state index in [0.717, 1.165) is 5.75 Å². The lowest BCUT2D eigenvalue weighted by Gasteiger charge is -2.32. The van der Waals surface area contributed by atoms with E-state index in [4.69, 9.17) is 4.74 Å². The van der Waals surface area contributed by atoms with Gasteiger partial charge in [-0.05, 0) is 19.2 Å². The summed E-state index contributed by atoms with van der Waals surface area (Å²) >= 11 is 0. The Morgan fingerprint density at radius 2 is 2.22 bits per heavy atom. The third kappa shape index (κ3) is 2.45. The molecular weight excluding hydrogens is 292 g/mol. The number of aromatic nitrogens is 2. The Hall–Kier alpha value is -2.47. The van der Waals surface area contributed by atoms with Gasteiger partial charge in [0.25, 0.3) is 0 Å². The molecule has 23 heavy (non-hydrogen) atoms. The van der Waals surface area contributed by atoms with Crippen LogP contribution in [0.4, 0.5) is 5.82 Å². The third-order valence-corrected chi connectivity index (χ3v) is 4.72. The maximum atomic E-state index is 12.7. The number of para-hydroxylation sites is 1. The summed E-state index contributed by atoms with van der Waals surface area (Å²) in [5, 5.41) is 2.89. The van der Waals surface area contributed by atoms with E-state index in [-0.39, 0.29) is 23.8 Å². The van der Waals surface area contributed by atoms with Crippen LogP contribution < -0.4 is 10.1 Å². The summed E-state index contributed by atoms with van der Waals surface area (Å²) in [5.74, 6) is 1.49. The fourth-order valence-electron chi connectivity index (χ4n) is 3.68. The van der Waals surface area contributed by atoms with Crippen LogP contribution in [0.5, 0.6) is 5.75 Å². The first kappa shape index (κ1) is 14.1. The molecule has 3 atom stereocenters. The van der Waals surface area contributed by atoms with E-state index in [2.05, 4.69) is 33.3 Å². The average Bonchev–Trinajstić information content (AvgIpc) is 2.93. The number of carbonyl (C=O) groups is 1. The van der Waals surface area contributed by atoms with E-state index in [1.54, 1.807) is 12.3 Å². The van der Waals surface area contributed by atoms with Gasteiger partial charge in [0.05, 0.1) is 12.5 Å². The molecule has 118 valence electrons. The minimum absolute atomic E-state index is 0.00830. The average molecular weight is 310 g/mol. The second-order valence-corrected chi connectivity index (χ2v) is 6.09. The predicted molar refractivity (Wildman–Crippen MR) is 84.9 cm³/mol. The van der Waals surface area contributed by atoms with Crippen molar-refractivity contribution in [3.8, 4) is 5.75 Å². The Kier molecular flexibility index (Phi) is 3.46. The highest BCUT2D eigenvalue weighted by Gasteiger charge is 2.47. The van der Waals surface area contributed by atoms with Crippen LogP contribution in [-0.2, 0) is 4.79 Å². The molecule has 0 bridgehead atoms. The van der Waals surface area contributed by atoms with Gasteiger partial charge in [0.15, 0.2) is 0 Å². The van der Waals surface area contributed by atoms with Crippen LogP contribution in [0.25, 0.3) is 0 Å². The SMILES string of the molecule is CN1C[C@@H](C(=O)Nc2ccncn2)[C@@H]2COc3ccccc3[C@@H]21. The van der Waals surface area contributed by atoms with Crippen LogP contribution in [0.15, 0.2) is 42.9 Å². The molecule has 1 N–H and O–H groups in total. The summed E-state index contributed by atoms with van der Waals surface area (Å²) in [6.07, 6.45) is 3.05. The first-order valence-corrected chi connectivity index (χ1v) is 7.73. The number of anilines is 1. The Morgan fingerprint density at radius 1 is 1.35 bits per heavy atom. The molecule has 6 nitrogen and oxygen atoms in total. The van der Waals surface area contributed by atoms with Gasteiger partial charge in [0.1, 0.15) is 17.9 Å². The van der Waals surface area contributed by atoms with Gasteiger partial charge < -0.3 is 10.1 Å². The van der Waals surface area contributed by atoms with Gasteiger partial charge in [-0.15, -0.1) is 0 Å². The van der Waals surface area contributed by atoms with Crippen molar-refractivity contribution < 1.29 is 9.53 Å². The minimum atomic E-state index is -0.117. The summed E-state index contributed by atoms with van der Waals surface area (Å²) in [5.41, 5.74) is 1.17. The molecule has 6 heteroatoms. The molecule has 0 radical (unpaired) electrons. The third-order valence-electron chi connectivity index (χ3n) is 4.72. The fraction of sp³-hybridized carbons (Fsp3) is 0.353. The maximum absolute atomic E-state index is 12.7. The van der Waals surface area contributed by atoms with Crippen LogP contribution in [0.3, 0.4) is 0 Å². The second kappa shape index (κ2) is 5.62. The van der Waals surface area contributed by atoms with Gasteiger partial charge in [-0.2, -0.15) is 0 Å². The van der Waals surface area contributed by atoms with E-state index in [1.807, 2.05) is 18.2 Å². The van der Waals surface area contributed by atoms with Gasteiger partial charge in [-0.3, -0.25) is 9.69 Å². The molecule has 2 aliphatic rings. The van der Waals surface area contributed by atoms with Crippen LogP contribution >= 0.6 is 0 Å². The zero-order chi connectivity index (χ0) is 15.8. The topological polar surface area (TPSA) is 67.4 Å². The van der Waals surface area contributed by atoms with Crippen molar-refractivity contribution in [2.24, 2.45) is 11.8 Å². The highest BCUT2D eigenvalue weighted by atomic mass is 16.5. The van der Waals surface area contributed by atoms with Crippen molar-refractivity contribution in [2.75, 3.05) is 25.5 Å². The largest absolute Gasteiger partial charge is 0.493 e. The van der Waals surface area contributed by atoms with Gasteiger partial charge in [-0.25, -0.2) is 9.97 Å². The highest BCUT2D eigenvalue weighted by molar-refractivity contribution is 5.92. The van der Waals surface area contributed by atoms with E-state index >= 15 is 0 Å². The van der Waals surface area contributed by atoms with Crippen molar-refractivity contribution in [3.05, 3.63) is 48.4 Å². The number of fused-ring (bicyclic) bond motifs is 3. The van der Waals surface area contributed by atoms with E-state index in [9.17, 15) is 4.79 Å². The van der Waals surface area contributed by atoms with Crippen molar-refractivity contribution in [2.45, 2.75) is 6.04 Å². The Balaban J connectivity index is 1.57. The van der Waals surface area contributed by atoms with E-state index in [0.29, 0.717) is 19.0 Å². The molecule has 2 aliphatic heterocycles. The molecule has 4 rings (SSSR count). The second-order valence-electron chi connectivity index (χ2n) is 6.09. The summed E-state index contributed by atoms with van der Waals surface area (Å²) in [6, 6.07) is 10.0. The molecule has 1 aromatic carbocycles. The number of hydrogen-bond donors (Lipinski definition) is 1. The fourth-order valence-corrected chi connectivity index (χ4v) is 3.68. The lowest BCUT2D eigenvalue weighted by molar-refractivity contribution is -0.121. The normalized spacial score (nSPS) is 26.0. The van der Waals surface area contributed by atoms with Crippen molar-refractivity contribution in [3.63, 3.8) is 0 Å². The summed E-state index contributed by atoms with van der Waals surface area (Å²) < 4.78 is 5.88. The standard InChI is InChI=1S/C17H18N4O2/c1-21-8-12(17(22)20-15-6-7-18-10-19-15)13-9-23-14-5-3-2-4-11(14)16(13)21/h2-7,10,12-13,16H,8-9H2,1H3,(H,18,19,20,22)/t12-,13+,16+/m1/s1. The van der Waals surface area contributed by atoms with Crippen molar-refractivity contribution in [1.29, 1.82) is 0 Å². The van der Waals surface area contributed by atoms with Crippen LogP contribution in [0.2, 0.25) is 0 Å². The number of nitrogens with zero attached hydrogens (tertiary/aromatic N) is 3. The van der Waals surface area contributed by atoms with Crippen LogP contribution in [-0.4, -0.2) is 41.0 Å². The smallest absolute Gasteiger partial charge is 0.230 e. The quantitative estimate of drug-likeness (QED) is 0.915. The number of likely N-dealkylation sites (tertiary alicyclic amines) is 1. The summed E-state index contributed by atoms with van der Waals surface area (Å²) in [6.45, 7) is 1.28. The predicted octanol–water partition coefficient (Wildman–Crippen LogP) is 1.73. The molecule has 0 spiro atoms. The lowest BCUT2D eigenvalue weighted by atomic mass is 9.85. The molecule has 2 aromatic rings. The van der Waals surface area contributed by atoms with Gasteiger partial charge in [0, 0.05) is 30.3 Å². The molecular formula is C17H18N4O2. The summed E-state index contributed by atoms with van der Waals surface area (Å²) in [7, 11) is 2.07. The molecule has 0 unspecified atom stereocenters. The molecule has 3 heterocycles. The molecule has 1 amide bonds. The minimum Gasteiger partial charge on any atom is -0.493 e. The van der Waals surface area contributed by atoms with E-state index < -0.39 is 0 Å². The highest BCUT2D eigenvalue weighted by Crippen LogP contribution is 2.46. The molecule has 1 saturated heterocycles. The van der Waals surface area contributed by atoms with Gasteiger partial charge in [-0.1, -0.05) is 18.2 Å². The van der Waals surface area contributed by atoms with Crippen LogP contribution in [0, 0.1) is 11.8 Å². The van der Waals surface area contributed by atoms with Crippen molar-refractivity contribution in [1.82, 2.24) is 14.9 Å². The number of ether oxygens (including phenoxy) is 1. The number of nitrogens with one attached hydrogen (secondary N) is 1. The zero-order valence-electron chi connectivity index (χ0n) is 12.8. The Labute approximate surface area is 134 Å². The maximum Gasteiger partial charge on any atom is 0.230 e. The molecule has 0 aliphatic carbocycles. The zero-order valence-corrected chi connectivity index (χ0v) is 12.8. The Bertz CT molecular complexity index is 722. The molecule has 1 aromatic heterocycles. The van der Waals surface area contributed by atoms with Gasteiger partial charge >= 0.3 is 0 Å². The molecule has 1 fully saturated rings. The number of carbonyl (C=O) groups excluding carboxylic acids is 1. The first-order valence-electron chi connectivity index (χ1n) is 7.73.